The molecule has 0 saturated carbocycles. The Morgan fingerprint density at radius 2 is 2.16 bits per heavy atom. The Balaban J connectivity index is 2.22. The van der Waals surface area contributed by atoms with E-state index in [0.717, 1.165) is 18.9 Å². The summed E-state index contributed by atoms with van der Waals surface area (Å²) in [6.07, 6.45) is 1.48. The number of sulfonamides is 1. The second kappa shape index (κ2) is 5.98. The zero-order valence-corrected chi connectivity index (χ0v) is 11.7. The van der Waals surface area contributed by atoms with Crippen molar-refractivity contribution >= 4 is 10.0 Å². The van der Waals surface area contributed by atoms with E-state index in [1.807, 2.05) is 6.92 Å². The van der Waals surface area contributed by atoms with Gasteiger partial charge < -0.3 is 4.74 Å². The van der Waals surface area contributed by atoms with Crippen molar-refractivity contribution in [1.29, 1.82) is 0 Å². The summed E-state index contributed by atoms with van der Waals surface area (Å²) < 4.78 is 45.2. The molecule has 6 heteroatoms. The van der Waals surface area contributed by atoms with Crippen LogP contribution in [0.4, 0.5) is 4.39 Å². The van der Waals surface area contributed by atoms with Crippen LogP contribution in [0.1, 0.15) is 19.8 Å². The van der Waals surface area contributed by atoms with Crippen LogP contribution in [0.3, 0.4) is 0 Å². The molecule has 0 aliphatic carbocycles. The van der Waals surface area contributed by atoms with Gasteiger partial charge in [0.25, 0.3) is 0 Å². The molecule has 1 aliphatic rings. The monoisotopic (exact) mass is 287 g/mol. The van der Waals surface area contributed by atoms with E-state index in [2.05, 4.69) is 0 Å². The Morgan fingerprint density at radius 1 is 1.42 bits per heavy atom. The summed E-state index contributed by atoms with van der Waals surface area (Å²) in [5, 5.41) is 0. The van der Waals surface area contributed by atoms with Gasteiger partial charge in [-0.3, -0.25) is 0 Å². The van der Waals surface area contributed by atoms with Gasteiger partial charge in [0, 0.05) is 19.7 Å². The zero-order chi connectivity index (χ0) is 13.9. The van der Waals surface area contributed by atoms with Crippen molar-refractivity contribution < 1.29 is 17.5 Å². The lowest BCUT2D eigenvalue weighted by Crippen LogP contribution is -2.43. The molecule has 1 aliphatic heterocycles. The summed E-state index contributed by atoms with van der Waals surface area (Å²) in [7, 11) is -3.77. The average molecular weight is 287 g/mol. The number of piperidine rings is 1. The molecule has 0 spiro atoms. The largest absolute Gasteiger partial charge is 0.377 e. The molecule has 1 saturated heterocycles. The van der Waals surface area contributed by atoms with Gasteiger partial charge in [-0.2, -0.15) is 4.31 Å². The predicted molar refractivity (Wildman–Crippen MR) is 69.8 cm³/mol. The van der Waals surface area contributed by atoms with E-state index in [1.165, 1.54) is 22.5 Å². The minimum Gasteiger partial charge on any atom is -0.377 e. The molecule has 4 nitrogen and oxygen atoms in total. The van der Waals surface area contributed by atoms with Crippen LogP contribution in [-0.2, 0) is 14.8 Å². The molecule has 1 heterocycles. The molecule has 1 unspecified atom stereocenters. The highest BCUT2D eigenvalue weighted by Gasteiger charge is 2.32. The van der Waals surface area contributed by atoms with Crippen molar-refractivity contribution in [3.05, 3.63) is 30.1 Å². The zero-order valence-electron chi connectivity index (χ0n) is 10.9. The van der Waals surface area contributed by atoms with E-state index >= 15 is 0 Å². The van der Waals surface area contributed by atoms with Crippen LogP contribution in [0.15, 0.2) is 29.2 Å². The number of halogens is 1. The second-order valence-electron chi connectivity index (χ2n) is 4.51. The van der Waals surface area contributed by atoms with Gasteiger partial charge in [-0.1, -0.05) is 12.1 Å². The first-order valence-corrected chi connectivity index (χ1v) is 7.86. The van der Waals surface area contributed by atoms with E-state index in [9.17, 15) is 12.8 Å². The minimum absolute atomic E-state index is 0.0969. The van der Waals surface area contributed by atoms with Gasteiger partial charge in [-0.05, 0) is 31.9 Å². The molecule has 0 bridgehead atoms. The second-order valence-corrected chi connectivity index (χ2v) is 6.42. The Kier molecular flexibility index (Phi) is 4.54. The molecule has 0 aromatic heterocycles. The van der Waals surface area contributed by atoms with Crippen LogP contribution in [0.25, 0.3) is 0 Å². The molecule has 1 aromatic carbocycles. The third-order valence-electron chi connectivity index (χ3n) is 3.20. The van der Waals surface area contributed by atoms with Crippen molar-refractivity contribution in [2.45, 2.75) is 30.8 Å². The Hall–Kier alpha value is -0.980. The lowest BCUT2D eigenvalue weighted by molar-refractivity contribution is 0.0264. The van der Waals surface area contributed by atoms with Gasteiger partial charge in [0.15, 0.2) is 0 Å². The number of hydrogen-bond donors (Lipinski definition) is 0. The van der Waals surface area contributed by atoms with Gasteiger partial charge in [0.1, 0.15) is 10.7 Å². The summed E-state index contributed by atoms with van der Waals surface area (Å²) in [5.74, 6) is -0.707. The third-order valence-corrected chi connectivity index (χ3v) is 5.10. The van der Waals surface area contributed by atoms with Crippen molar-refractivity contribution in [1.82, 2.24) is 4.31 Å². The summed E-state index contributed by atoms with van der Waals surface area (Å²) in [6, 6.07) is 5.47. The standard InChI is InChI=1S/C13H18FNO3S/c1-2-18-11-6-5-9-15(10-11)19(16,17)13-8-4-3-7-12(13)14/h3-4,7-8,11H,2,5-6,9-10H2,1H3. The molecule has 2 rings (SSSR count). The summed E-state index contributed by atoms with van der Waals surface area (Å²) in [5.41, 5.74) is 0. The van der Waals surface area contributed by atoms with E-state index in [0.29, 0.717) is 19.7 Å². The maximum Gasteiger partial charge on any atom is 0.246 e. The van der Waals surface area contributed by atoms with Crippen molar-refractivity contribution in [3.63, 3.8) is 0 Å². The summed E-state index contributed by atoms with van der Waals surface area (Å²) >= 11 is 0. The Morgan fingerprint density at radius 3 is 2.84 bits per heavy atom. The number of benzene rings is 1. The van der Waals surface area contributed by atoms with Crippen LogP contribution >= 0.6 is 0 Å². The maximum atomic E-state index is 13.6. The van der Waals surface area contributed by atoms with Crippen molar-refractivity contribution in [2.24, 2.45) is 0 Å². The van der Waals surface area contributed by atoms with Crippen LogP contribution in [0.5, 0.6) is 0 Å². The van der Waals surface area contributed by atoms with Gasteiger partial charge in [-0.25, -0.2) is 12.8 Å². The number of nitrogens with zero attached hydrogens (tertiary/aromatic N) is 1. The van der Waals surface area contributed by atoms with Crippen molar-refractivity contribution in [2.75, 3.05) is 19.7 Å². The lowest BCUT2D eigenvalue weighted by Gasteiger charge is -2.31. The molecule has 1 aromatic rings. The van der Waals surface area contributed by atoms with Gasteiger partial charge >= 0.3 is 0 Å². The quantitative estimate of drug-likeness (QED) is 0.851. The Labute approximate surface area is 113 Å². The third kappa shape index (κ3) is 3.13. The first-order valence-electron chi connectivity index (χ1n) is 6.42. The maximum absolute atomic E-state index is 13.6. The molecule has 1 atom stereocenters. The minimum atomic E-state index is -3.77. The number of hydrogen-bond acceptors (Lipinski definition) is 3. The molecule has 0 N–H and O–H groups in total. The van der Waals surface area contributed by atoms with Gasteiger partial charge in [-0.15, -0.1) is 0 Å². The topological polar surface area (TPSA) is 46.6 Å². The highest BCUT2D eigenvalue weighted by atomic mass is 32.2. The molecule has 1 fully saturated rings. The molecule has 106 valence electrons. The highest BCUT2D eigenvalue weighted by molar-refractivity contribution is 7.89. The van der Waals surface area contributed by atoms with Gasteiger partial charge in [0.05, 0.1) is 6.10 Å². The van der Waals surface area contributed by atoms with E-state index in [1.54, 1.807) is 0 Å². The van der Waals surface area contributed by atoms with Crippen LogP contribution in [0.2, 0.25) is 0 Å². The fraction of sp³-hybridized carbons (Fsp3) is 0.538. The number of rotatable bonds is 4. The summed E-state index contributed by atoms with van der Waals surface area (Å²) in [4.78, 5) is -0.257. The first-order chi connectivity index (χ1) is 9.05. The lowest BCUT2D eigenvalue weighted by atomic mass is 10.1. The smallest absolute Gasteiger partial charge is 0.246 e. The Bertz CT molecular complexity index is 530. The molecule has 0 radical (unpaired) electrons. The highest BCUT2D eigenvalue weighted by Crippen LogP contribution is 2.23. The fourth-order valence-corrected chi connectivity index (χ4v) is 3.86. The molecular weight excluding hydrogens is 269 g/mol. The normalized spacial score (nSPS) is 21.5. The average Bonchev–Trinajstić information content (AvgIpc) is 2.40. The number of ether oxygens (including phenoxy) is 1. The van der Waals surface area contributed by atoms with E-state index < -0.39 is 15.8 Å². The van der Waals surface area contributed by atoms with Crippen LogP contribution < -0.4 is 0 Å². The molecule has 0 amide bonds. The fourth-order valence-electron chi connectivity index (χ4n) is 2.29. The summed E-state index contributed by atoms with van der Waals surface area (Å²) in [6.45, 7) is 3.15. The van der Waals surface area contributed by atoms with Crippen molar-refractivity contribution in [3.8, 4) is 0 Å². The predicted octanol–water partition coefficient (Wildman–Crippen LogP) is 2.02. The van der Waals surface area contributed by atoms with E-state index in [-0.39, 0.29) is 11.0 Å². The SMILES string of the molecule is CCOC1CCCN(S(=O)(=O)c2ccccc2F)C1. The van der Waals surface area contributed by atoms with Crippen LogP contribution in [-0.4, -0.2) is 38.5 Å². The van der Waals surface area contributed by atoms with E-state index in [4.69, 9.17) is 4.74 Å². The molecular formula is C13H18FNO3S. The first kappa shape index (κ1) is 14.4. The van der Waals surface area contributed by atoms with Gasteiger partial charge in [0.2, 0.25) is 10.0 Å². The molecule has 19 heavy (non-hydrogen) atoms. The van der Waals surface area contributed by atoms with Crippen LogP contribution in [0, 0.1) is 5.82 Å².